The van der Waals surface area contributed by atoms with Gasteiger partial charge >= 0.3 is 0 Å². The molecule has 1 heterocycles. The summed E-state index contributed by atoms with van der Waals surface area (Å²) in [6.07, 6.45) is 2.47. The van der Waals surface area contributed by atoms with Crippen molar-refractivity contribution >= 4 is 23.2 Å². The molecular formula is C9H12Cl2N2. The molecule has 1 aliphatic carbocycles. The Morgan fingerprint density at radius 3 is 2.69 bits per heavy atom. The van der Waals surface area contributed by atoms with Gasteiger partial charge in [0, 0.05) is 18.0 Å². The molecule has 0 aromatic carbocycles. The molecule has 1 aromatic rings. The average Bonchev–Trinajstić information content (AvgIpc) is 2.91. The third-order valence-electron chi connectivity index (χ3n) is 2.41. The van der Waals surface area contributed by atoms with Gasteiger partial charge in [-0.05, 0) is 19.8 Å². The van der Waals surface area contributed by atoms with Gasteiger partial charge in [0.05, 0.1) is 11.6 Å². The van der Waals surface area contributed by atoms with E-state index in [9.17, 15) is 0 Å². The molecule has 1 fully saturated rings. The van der Waals surface area contributed by atoms with Crippen molar-refractivity contribution in [2.24, 2.45) is 0 Å². The minimum atomic E-state index is 0.477. The van der Waals surface area contributed by atoms with Crippen LogP contribution >= 0.6 is 23.2 Å². The molecule has 72 valence electrons. The normalized spacial score (nSPS) is 16.5. The van der Waals surface area contributed by atoms with Crippen LogP contribution < -0.4 is 0 Å². The van der Waals surface area contributed by atoms with E-state index >= 15 is 0 Å². The number of aromatic nitrogens is 2. The molecule has 0 N–H and O–H groups in total. The predicted molar refractivity (Wildman–Crippen MR) is 54.4 cm³/mol. The highest BCUT2D eigenvalue weighted by Crippen LogP contribution is 2.42. The van der Waals surface area contributed by atoms with Crippen LogP contribution in [0.2, 0.25) is 5.15 Å². The SMILES string of the molecule is CCn1nc(C2CC2)c(CCl)c1Cl. The Morgan fingerprint density at radius 1 is 1.54 bits per heavy atom. The van der Waals surface area contributed by atoms with Crippen molar-refractivity contribution in [1.82, 2.24) is 9.78 Å². The molecule has 0 bridgehead atoms. The van der Waals surface area contributed by atoms with Crippen LogP contribution in [0.3, 0.4) is 0 Å². The number of nitrogens with zero attached hydrogens (tertiary/aromatic N) is 2. The number of aryl methyl sites for hydroxylation is 1. The zero-order chi connectivity index (χ0) is 9.42. The van der Waals surface area contributed by atoms with E-state index in [-0.39, 0.29) is 0 Å². The number of hydrogen-bond donors (Lipinski definition) is 0. The summed E-state index contributed by atoms with van der Waals surface area (Å²) in [5.41, 5.74) is 2.16. The van der Waals surface area contributed by atoms with Crippen LogP contribution in [-0.4, -0.2) is 9.78 Å². The van der Waals surface area contributed by atoms with E-state index < -0.39 is 0 Å². The van der Waals surface area contributed by atoms with E-state index in [0.29, 0.717) is 11.8 Å². The summed E-state index contributed by atoms with van der Waals surface area (Å²) in [4.78, 5) is 0. The van der Waals surface area contributed by atoms with Crippen LogP contribution in [0.4, 0.5) is 0 Å². The summed E-state index contributed by atoms with van der Waals surface area (Å²) in [6.45, 7) is 2.85. The van der Waals surface area contributed by atoms with Crippen molar-refractivity contribution in [3.8, 4) is 0 Å². The lowest BCUT2D eigenvalue weighted by molar-refractivity contribution is 0.648. The lowest BCUT2D eigenvalue weighted by atomic mass is 10.2. The van der Waals surface area contributed by atoms with Gasteiger partial charge < -0.3 is 0 Å². The van der Waals surface area contributed by atoms with Gasteiger partial charge in [0.25, 0.3) is 0 Å². The van der Waals surface area contributed by atoms with Crippen LogP contribution in [0, 0.1) is 0 Å². The molecule has 0 unspecified atom stereocenters. The summed E-state index contributed by atoms with van der Waals surface area (Å²) in [6, 6.07) is 0. The van der Waals surface area contributed by atoms with Gasteiger partial charge in [-0.1, -0.05) is 11.6 Å². The first-order valence-electron chi connectivity index (χ1n) is 4.59. The second-order valence-electron chi connectivity index (χ2n) is 3.38. The second-order valence-corrected chi connectivity index (χ2v) is 4.00. The molecule has 0 radical (unpaired) electrons. The van der Waals surface area contributed by atoms with Crippen LogP contribution in [0.25, 0.3) is 0 Å². The van der Waals surface area contributed by atoms with Crippen molar-refractivity contribution in [3.05, 3.63) is 16.4 Å². The van der Waals surface area contributed by atoms with E-state index in [1.807, 2.05) is 11.6 Å². The van der Waals surface area contributed by atoms with E-state index in [0.717, 1.165) is 23.0 Å². The minimum absolute atomic E-state index is 0.477. The summed E-state index contributed by atoms with van der Waals surface area (Å²) in [5.74, 6) is 1.10. The highest BCUT2D eigenvalue weighted by molar-refractivity contribution is 6.31. The number of alkyl halides is 1. The smallest absolute Gasteiger partial charge is 0.131 e. The Kier molecular flexibility index (Phi) is 2.52. The molecule has 0 amide bonds. The highest BCUT2D eigenvalue weighted by Gasteiger charge is 2.30. The Balaban J connectivity index is 2.42. The van der Waals surface area contributed by atoms with E-state index in [2.05, 4.69) is 5.10 Å². The topological polar surface area (TPSA) is 17.8 Å². The van der Waals surface area contributed by atoms with Crippen molar-refractivity contribution in [2.45, 2.75) is 38.1 Å². The van der Waals surface area contributed by atoms with Gasteiger partial charge in [-0.15, -0.1) is 11.6 Å². The fourth-order valence-electron chi connectivity index (χ4n) is 1.51. The largest absolute Gasteiger partial charge is 0.254 e. The van der Waals surface area contributed by atoms with Gasteiger partial charge in [0.1, 0.15) is 5.15 Å². The Morgan fingerprint density at radius 2 is 2.23 bits per heavy atom. The lowest BCUT2D eigenvalue weighted by Gasteiger charge is -1.95. The first kappa shape index (κ1) is 9.35. The molecule has 2 rings (SSSR count). The van der Waals surface area contributed by atoms with Crippen LogP contribution in [-0.2, 0) is 12.4 Å². The van der Waals surface area contributed by atoms with Crippen molar-refractivity contribution in [2.75, 3.05) is 0 Å². The number of rotatable bonds is 3. The predicted octanol–water partition coefficient (Wildman–Crippen LogP) is 3.17. The zero-order valence-corrected chi connectivity index (χ0v) is 9.07. The molecule has 0 atom stereocenters. The van der Waals surface area contributed by atoms with E-state index in [1.54, 1.807) is 0 Å². The van der Waals surface area contributed by atoms with Gasteiger partial charge in [-0.3, -0.25) is 4.68 Å². The average molecular weight is 219 g/mol. The Bertz CT molecular complexity index is 316. The molecule has 0 aliphatic heterocycles. The zero-order valence-electron chi connectivity index (χ0n) is 7.56. The monoisotopic (exact) mass is 218 g/mol. The molecule has 2 nitrogen and oxygen atoms in total. The van der Waals surface area contributed by atoms with Crippen LogP contribution in [0.15, 0.2) is 0 Å². The van der Waals surface area contributed by atoms with Gasteiger partial charge in [0.15, 0.2) is 0 Å². The van der Waals surface area contributed by atoms with Crippen molar-refractivity contribution < 1.29 is 0 Å². The van der Waals surface area contributed by atoms with E-state index in [1.165, 1.54) is 12.8 Å². The second kappa shape index (κ2) is 3.50. The number of halogens is 2. The minimum Gasteiger partial charge on any atom is -0.254 e. The lowest BCUT2D eigenvalue weighted by Crippen LogP contribution is -1.96. The molecule has 1 aromatic heterocycles. The van der Waals surface area contributed by atoms with Crippen LogP contribution in [0.1, 0.15) is 36.9 Å². The summed E-state index contributed by atoms with van der Waals surface area (Å²) < 4.78 is 1.83. The standard InChI is InChI=1S/C9H12Cl2N2/c1-2-13-9(11)7(5-10)8(12-13)6-3-4-6/h6H,2-5H2,1H3. The fraction of sp³-hybridized carbons (Fsp3) is 0.667. The van der Waals surface area contributed by atoms with E-state index in [4.69, 9.17) is 23.2 Å². The highest BCUT2D eigenvalue weighted by atomic mass is 35.5. The van der Waals surface area contributed by atoms with Gasteiger partial charge in [-0.2, -0.15) is 5.10 Å². The third-order valence-corrected chi connectivity index (χ3v) is 3.10. The Hall–Kier alpha value is -0.210. The summed E-state index contributed by atoms with van der Waals surface area (Å²) in [5, 5.41) is 5.18. The maximum absolute atomic E-state index is 6.12. The molecule has 13 heavy (non-hydrogen) atoms. The van der Waals surface area contributed by atoms with Gasteiger partial charge in [-0.25, -0.2) is 0 Å². The maximum Gasteiger partial charge on any atom is 0.131 e. The van der Waals surface area contributed by atoms with Crippen molar-refractivity contribution in [3.63, 3.8) is 0 Å². The quantitative estimate of drug-likeness (QED) is 0.714. The van der Waals surface area contributed by atoms with Gasteiger partial charge in [0.2, 0.25) is 0 Å². The maximum atomic E-state index is 6.12. The molecule has 1 aliphatic rings. The molecule has 4 heteroatoms. The fourth-order valence-corrected chi connectivity index (χ4v) is 2.17. The molecular weight excluding hydrogens is 207 g/mol. The molecule has 1 saturated carbocycles. The third kappa shape index (κ3) is 1.57. The van der Waals surface area contributed by atoms with Crippen LogP contribution in [0.5, 0.6) is 0 Å². The Labute approximate surface area is 87.8 Å². The summed E-state index contributed by atoms with van der Waals surface area (Å²) in [7, 11) is 0. The molecule has 0 saturated heterocycles. The summed E-state index contributed by atoms with van der Waals surface area (Å²) >= 11 is 12.0. The number of hydrogen-bond acceptors (Lipinski definition) is 1. The molecule has 0 spiro atoms. The first-order chi connectivity index (χ1) is 6.27. The van der Waals surface area contributed by atoms with Crippen molar-refractivity contribution in [1.29, 1.82) is 0 Å². The first-order valence-corrected chi connectivity index (χ1v) is 5.50.